The molecule has 0 aromatic heterocycles. The molecular weight excluding hydrogens is 444 g/mol. The van der Waals surface area contributed by atoms with Gasteiger partial charge in [-0.25, -0.2) is 4.79 Å². The molecule has 3 aliphatic rings. The van der Waals surface area contributed by atoms with Crippen molar-refractivity contribution in [2.24, 2.45) is 11.3 Å². The minimum atomic E-state index is -0.855. The molecule has 1 aliphatic carbocycles. The predicted molar refractivity (Wildman–Crippen MR) is 136 cm³/mol. The Morgan fingerprint density at radius 3 is 2.29 bits per heavy atom. The highest BCUT2D eigenvalue weighted by Gasteiger charge is 2.53. The molecule has 3 fully saturated rings. The highest BCUT2D eigenvalue weighted by molar-refractivity contribution is 6.10. The average molecular weight is 485 g/mol. The van der Waals surface area contributed by atoms with Crippen LogP contribution in [-0.4, -0.2) is 60.1 Å². The third kappa shape index (κ3) is 5.32. The fourth-order valence-corrected chi connectivity index (χ4v) is 5.83. The summed E-state index contributed by atoms with van der Waals surface area (Å²) in [6.45, 7) is 12.2. The van der Waals surface area contributed by atoms with Gasteiger partial charge < -0.3 is 20.3 Å². The fourth-order valence-electron chi connectivity index (χ4n) is 5.83. The fraction of sp³-hybridized carbons (Fsp3) is 0.667. The molecule has 2 unspecified atom stereocenters. The third-order valence-corrected chi connectivity index (χ3v) is 8.34. The number of urea groups is 1. The first-order valence-electron chi connectivity index (χ1n) is 13.0. The maximum Gasteiger partial charge on any atom is 0.325 e. The van der Waals surface area contributed by atoms with Crippen molar-refractivity contribution >= 4 is 29.2 Å². The summed E-state index contributed by atoms with van der Waals surface area (Å²) in [5.41, 5.74) is 1.08. The summed E-state index contributed by atoms with van der Waals surface area (Å²) >= 11 is 0. The molecule has 2 aliphatic heterocycles. The van der Waals surface area contributed by atoms with E-state index < -0.39 is 11.6 Å². The molecule has 0 bridgehead atoms. The van der Waals surface area contributed by atoms with E-state index >= 15 is 0 Å². The van der Waals surface area contributed by atoms with Crippen LogP contribution >= 0.6 is 0 Å². The summed E-state index contributed by atoms with van der Waals surface area (Å²) in [4.78, 5) is 41.9. The normalized spacial score (nSPS) is 29.5. The second kappa shape index (κ2) is 9.80. The van der Waals surface area contributed by atoms with Crippen molar-refractivity contribution in [1.29, 1.82) is 0 Å². The molecule has 8 nitrogen and oxygen atoms in total. The Labute approximate surface area is 208 Å². The van der Waals surface area contributed by atoms with Crippen molar-refractivity contribution in [3.05, 3.63) is 24.3 Å². The lowest BCUT2D eigenvalue weighted by atomic mass is 9.65. The number of nitrogens with zero attached hydrogens (tertiary/aromatic N) is 2. The van der Waals surface area contributed by atoms with Crippen LogP contribution in [0.1, 0.15) is 66.7 Å². The molecule has 2 saturated heterocycles. The minimum absolute atomic E-state index is 0.166. The van der Waals surface area contributed by atoms with E-state index in [9.17, 15) is 14.4 Å². The number of hydrogen-bond donors (Lipinski definition) is 2. The van der Waals surface area contributed by atoms with E-state index in [2.05, 4.69) is 50.2 Å². The van der Waals surface area contributed by atoms with Crippen LogP contribution in [0.15, 0.2) is 24.3 Å². The van der Waals surface area contributed by atoms with Crippen LogP contribution in [0.4, 0.5) is 16.2 Å². The van der Waals surface area contributed by atoms with Crippen molar-refractivity contribution in [2.45, 2.75) is 84.5 Å². The molecule has 35 heavy (non-hydrogen) atoms. The van der Waals surface area contributed by atoms with E-state index in [0.29, 0.717) is 24.4 Å². The van der Waals surface area contributed by atoms with Gasteiger partial charge in [-0.3, -0.25) is 14.5 Å². The molecule has 2 heterocycles. The number of morpholine rings is 1. The quantitative estimate of drug-likeness (QED) is 0.592. The standard InChI is InChI=1S/C27H40N4O4/c1-6-26(4,5)20-11-13-27(14-12-20)24(33)31(25(34)29-27)17-23(32)28-21-7-9-22(10-8-21)30-15-18(2)35-19(3)16-30/h7-10,18-20H,6,11-17H2,1-5H3,(H,28,32)(H,29,34). The molecule has 192 valence electrons. The highest BCUT2D eigenvalue weighted by atomic mass is 16.5. The number of imide groups is 1. The number of nitrogens with one attached hydrogen (secondary N) is 2. The zero-order valence-electron chi connectivity index (χ0n) is 21.7. The van der Waals surface area contributed by atoms with E-state index in [1.165, 1.54) is 0 Å². The van der Waals surface area contributed by atoms with Crippen LogP contribution < -0.4 is 15.5 Å². The second-order valence-electron chi connectivity index (χ2n) is 11.3. The molecule has 1 aromatic rings. The number of carbonyl (C=O) groups excluding carboxylic acids is 3. The maximum absolute atomic E-state index is 13.2. The largest absolute Gasteiger partial charge is 0.372 e. The highest BCUT2D eigenvalue weighted by Crippen LogP contribution is 2.45. The van der Waals surface area contributed by atoms with Gasteiger partial charge in [0.05, 0.1) is 12.2 Å². The first-order chi connectivity index (χ1) is 16.5. The van der Waals surface area contributed by atoms with Gasteiger partial charge >= 0.3 is 6.03 Å². The van der Waals surface area contributed by atoms with Crippen molar-refractivity contribution in [3.8, 4) is 0 Å². The van der Waals surface area contributed by atoms with Crippen LogP contribution in [0.3, 0.4) is 0 Å². The lowest BCUT2D eigenvalue weighted by molar-refractivity contribution is -0.135. The predicted octanol–water partition coefficient (Wildman–Crippen LogP) is 4.16. The van der Waals surface area contributed by atoms with Crippen molar-refractivity contribution in [2.75, 3.05) is 29.9 Å². The summed E-state index contributed by atoms with van der Waals surface area (Å²) in [7, 11) is 0. The number of amides is 4. The van der Waals surface area contributed by atoms with Crippen molar-refractivity contribution < 1.29 is 19.1 Å². The molecular formula is C27H40N4O4. The van der Waals surface area contributed by atoms with Crippen molar-refractivity contribution in [1.82, 2.24) is 10.2 Å². The summed E-state index contributed by atoms with van der Waals surface area (Å²) in [6, 6.07) is 7.17. The van der Waals surface area contributed by atoms with E-state index in [1.54, 1.807) is 0 Å². The first-order valence-corrected chi connectivity index (χ1v) is 13.0. The smallest absolute Gasteiger partial charge is 0.325 e. The van der Waals surface area contributed by atoms with Gasteiger partial charge in [-0.05, 0) is 75.1 Å². The molecule has 1 saturated carbocycles. The lowest BCUT2D eigenvalue weighted by Gasteiger charge is -2.42. The van der Waals surface area contributed by atoms with Gasteiger partial charge in [0, 0.05) is 24.5 Å². The zero-order chi connectivity index (χ0) is 25.4. The molecule has 2 atom stereocenters. The average Bonchev–Trinajstić information content (AvgIpc) is 3.03. The molecule has 4 rings (SSSR count). The van der Waals surface area contributed by atoms with Crippen molar-refractivity contribution in [3.63, 3.8) is 0 Å². The third-order valence-electron chi connectivity index (χ3n) is 8.34. The number of anilines is 2. The molecule has 8 heteroatoms. The maximum atomic E-state index is 13.2. The zero-order valence-corrected chi connectivity index (χ0v) is 21.7. The van der Waals surface area contributed by atoms with Crippen LogP contribution in [0.25, 0.3) is 0 Å². The molecule has 0 radical (unpaired) electrons. The van der Waals surface area contributed by atoms with Crippen LogP contribution in [0, 0.1) is 11.3 Å². The number of ether oxygens (including phenoxy) is 1. The SMILES string of the molecule is CCC(C)(C)C1CCC2(CC1)NC(=O)N(CC(=O)Nc1ccc(N3CC(C)OC(C)C3)cc1)C2=O. The van der Waals surface area contributed by atoms with Crippen LogP contribution in [-0.2, 0) is 14.3 Å². The summed E-state index contributed by atoms with van der Waals surface area (Å²) < 4.78 is 5.80. The van der Waals surface area contributed by atoms with Gasteiger partial charge in [0.25, 0.3) is 5.91 Å². The lowest BCUT2D eigenvalue weighted by Crippen LogP contribution is -2.51. The first kappa shape index (κ1) is 25.5. The molecule has 2 N–H and O–H groups in total. The van der Waals surface area contributed by atoms with Gasteiger partial charge in [-0.1, -0.05) is 27.2 Å². The van der Waals surface area contributed by atoms with Gasteiger partial charge in [0.15, 0.2) is 0 Å². The number of benzene rings is 1. The minimum Gasteiger partial charge on any atom is -0.372 e. The van der Waals surface area contributed by atoms with E-state index in [4.69, 9.17) is 4.74 Å². The Hall–Kier alpha value is -2.61. The summed E-state index contributed by atoms with van der Waals surface area (Å²) in [5.74, 6) is -0.115. The number of carbonyl (C=O) groups is 3. The number of rotatable bonds is 6. The van der Waals surface area contributed by atoms with Crippen LogP contribution in [0.5, 0.6) is 0 Å². The molecule has 1 spiro atoms. The Morgan fingerprint density at radius 1 is 1.11 bits per heavy atom. The monoisotopic (exact) mass is 484 g/mol. The van der Waals surface area contributed by atoms with Gasteiger partial charge in [0.2, 0.25) is 5.91 Å². The van der Waals surface area contributed by atoms with Gasteiger partial charge in [-0.15, -0.1) is 0 Å². The Kier molecular flexibility index (Phi) is 7.13. The van der Waals surface area contributed by atoms with Gasteiger partial charge in [0.1, 0.15) is 12.1 Å². The Bertz CT molecular complexity index is 942. The molecule has 1 aromatic carbocycles. The van der Waals surface area contributed by atoms with Gasteiger partial charge in [-0.2, -0.15) is 0 Å². The Morgan fingerprint density at radius 2 is 1.71 bits per heavy atom. The van der Waals surface area contributed by atoms with E-state index in [-0.39, 0.29) is 36.0 Å². The van der Waals surface area contributed by atoms with E-state index in [0.717, 1.165) is 42.9 Å². The van der Waals surface area contributed by atoms with E-state index in [1.807, 2.05) is 24.3 Å². The second-order valence-corrected chi connectivity index (χ2v) is 11.3. The van der Waals surface area contributed by atoms with Crippen LogP contribution in [0.2, 0.25) is 0 Å². The molecule has 4 amide bonds. The summed E-state index contributed by atoms with van der Waals surface area (Å²) in [5, 5.41) is 5.75. The summed E-state index contributed by atoms with van der Waals surface area (Å²) in [6.07, 6.45) is 4.48. The topological polar surface area (TPSA) is 91.0 Å². The Balaban J connectivity index is 1.33. The number of hydrogen-bond acceptors (Lipinski definition) is 5.